The number of fused-ring (bicyclic) bond motifs is 1. The van der Waals surface area contributed by atoms with Gasteiger partial charge in [0.25, 0.3) is 0 Å². The zero-order valence-corrected chi connectivity index (χ0v) is 9.77. The van der Waals surface area contributed by atoms with Gasteiger partial charge in [-0.2, -0.15) is 0 Å². The highest BCUT2D eigenvalue weighted by molar-refractivity contribution is 6.13. The van der Waals surface area contributed by atoms with Crippen LogP contribution in [0.2, 0.25) is 0 Å². The molecule has 3 nitrogen and oxygen atoms in total. The second-order valence-electron chi connectivity index (χ2n) is 4.34. The highest BCUT2D eigenvalue weighted by atomic mass is 35.5. The molecule has 84 valence electrons. The van der Waals surface area contributed by atoms with E-state index in [1.54, 1.807) is 0 Å². The van der Waals surface area contributed by atoms with Crippen LogP contribution in [0.5, 0.6) is 0 Å². The SMILES string of the molecule is ClN1CCC(c2ccc3nccn3c2)CC1. The largest absolute Gasteiger partial charge is 0.307 e. The Kier molecular flexibility index (Phi) is 2.58. The second-order valence-corrected chi connectivity index (χ2v) is 4.82. The van der Waals surface area contributed by atoms with Gasteiger partial charge in [-0.05, 0) is 42.2 Å². The monoisotopic (exact) mass is 235 g/mol. The van der Waals surface area contributed by atoms with Gasteiger partial charge in [0.05, 0.1) is 0 Å². The molecule has 4 heteroatoms. The first-order valence-corrected chi connectivity index (χ1v) is 6.00. The standard InChI is InChI=1S/C12H14ClN3/c13-16-6-3-10(4-7-16)11-1-2-12-14-5-8-15(12)9-11/h1-2,5,8-10H,3-4,6-7H2. The number of piperidine rings is 1. The lowest BCUT2D eigenvalue weighted by atomic mass is 9.91. The summed E-state index contributed by atoms with van der Waals surface area (Å²) < 4.78 is 3.97. The van der Waals surface area contributed by atoms with Crippen molar-refractivity contribution in [2.45, 2.75) is 18.8 Å². The van der Waals surface area contributed by atoms with Crippen molar-refractivity contribution in [1.82, 2.24) is 13.8 Å². The van der Waals surface area contributed by atoms with Crippen molar-refractivity contribution in [3.05, 3.63) is 36.3 Å². The summed E-state index contributed by atoms with van der Waals surface area (Å²) in [7, 11) is 0. The van der Waals surface area contributed by atoms with Gasteiger partial charge >= 0.3 is 0 Å². The van der Waals surface area contributed by atoms with Gasteiger partial charge in [0.2, 0.25) is 0 Å². The lowest BCUT2D eigenvalue weighted by Gasteiger charge is -2.27. The fourth-order valence-corrected chi connectivity index (χ4v) is 2.56. The summed E-state index contributed by atoms with van der Waals surface area (Å²) >= 11 is 5.97. The Balaban J connectivity index is 1.87. The third-order valence-electron chi connectivity index (χ3n) is 3.32. The summed E-state index contributed by atoms with van der Waals surface area (Å²) in [5.74, 6) is 0.641. The van der Waals surface area contributed by atoms with Crippen molar-refractivity contribution in [1.29, 1.82) is 0 Å². The summed E-state index contributed by atoms with van der Waals surface area (Å²) in [5.41, 5.74) is 2.41. The Hall–Kier alpha value is -1.06. The minimum absolute atomic E-state index is 0.641. The molecule has 0 N–H and O–H groups in total. The van der Waals surface area contributed by atoms with E-state index >= 15 is 0 Å². The number of aromatic nitrogens is 2. The van der Waals surface area contributed by atoms with E-state index in [1.165, 1.54) is 5.56 Å². The number of hydrogen-bond donors (Lipinski definition) is 0. The maximum absolute atomic E-state index is 5.97. The van der Waals surface area contributed by atoms with Gasteiger partial charge in [-0.3, -0.25) is 0 Å². The van der Waals surface area contributed by atoms with Crippen molar-refractivity contribution < 1.29 is 0 Å². The third-order valence-corrected chi connectivity index (χ3v) is 3.66. The predicted molar refractivity (Wildman–Crippen MR) is 64.6 cm³/mol. The molecule has 0 aromatic carbocycles. The smallest absolute Gasteiger partial charge is 0.136 e. The number of halogens is 1. The molecule has 0 unspecified atom stereocenters. The first kappa shape index (κ1) is 10.1. The minimum Gasteiger partial charge on any atom is -0.307 e. The van der Waals surface area contributed by atoms with Crippen molar-refractivity contribution in [2.24, 2.45) is 0 Å². The minimum atomic E-state index is 0.641. The quantitative estimate of drug-likeness (QED) is 0.709. The molecule has 0 bridgehead atoms. The molecule has 0 radical (unpaired) electrons. The van der Waals surface area contributed by atoms with Gasteiger partial charge in [0, 0.05) is 31.7 Å². The van der Waals surface area contributed by atoms with Crippen LogP contribution in [0.3, 0.4) is 0 Å². The number of hydrogen-bond acceptors (Lipinski definition) is 2. The summed E-state index contributed by atoms with van der Waals surface area (Å²) in [4.78, 5) is 4.25. The molecule has 0 aliphatic carbocycles. The van der Waals surface area contributed by atoms with Crippen LogP contribution in [0, 0.1) is 0 Å². The molecular formula is C12H14ClN3. The van der Waals surface area contributed by atoms with Crippen LogP contribution in [0.25, 0.3) is 5.65 Å². The van der Waals surface area contributed by atoms with Crippen molar-refractivity contribution >= 4 is 17.4 Å². The van der Waals surface area contributed by atoms with Gasteiger partial charge in [-0.25, -0.2) is 9.40 Å². The van der Waals surface area contributed by atoms with Crippen LogP contribution in [0.1, 0.15) is 24.3 Å². The zero-order chi connectivity index (χ0) is 11.0. The summed E-state index contributed by atoms with van der Waals surface area (Å²) in [6.07, 6.45) is 8.31. The molecule has 1 fully saturated rings. The van der Waals surface area contributed by atoms with E-state index in [0.29, 0.717) is 5.92 Å². The fraction of sp³-hybridized carbons (Fsp3) is 0.417. The maximum Gasteiger partial charge on any atom is 0.136 e. The first-order valence-electron chi connectivity index (χ1n) is 5.66. The molecule has 1 aliphatic heterocycles. The normalized spacial score (nSPS) is 19.3. The van der Waals surface area contributed by atoms with Crippen molar-refractivity contribution in [3.8, 4) is 0 Å². The Bertz CT molecular complexity index is 486. The lowest BCUT2D eigenvalue weighted by molar-refractivity contribution is 0.335. The Morgan fingerprint density at radius 1 is 1.25 bits per heavy atom. The third kappa shape index (κ3) is 1.81. The highest BCUT2D eigenvalue weighted by Gasteiger charge is 2.19. The summed E-state index contributed by atoms with van der Waals surface area (Å²) in [6.45, 7) is 1.96. The van der Waals surface area contributed by atoms with E-state index in [1.807, 2.05) is 16.8 Å². The molecule has 3 heterocycles. The van der Waals surface area contributed by atoms with Crippen LogP contribution in [-0.2, 0) is 0 Å². The Morgan fingerprint density at radius 3 is 2.88 bits per heavy atom. The van der Waals surface area contributed by atoms with Gasteiger partial charge in [-0.1, -0.05) is 6.07 Å². The van der Waals surface area contributed by atoms with Crippen molar-refractivity contribution in [2.75, 3.05) is 13.1 Å². The van der Waals surface area contributed by atoms with Crippen LogP contribution in [-0.4, -0.2) is 26.9 Å². The summed E-state index contributed by atoms with van der Waals surface area (Å²) in [5, 5.41) is 0. The molecule has 2 aromatic rings. The molecule has 0 spiro atoms. The molecular weight excluding hydrogens is 222 g/mol. The van der Waals surface area contributed by atoms with Crippen LogP contribution in [0.15, 0.2) is 30.7 Å². The van der Waals surface area contributed by atoms with Crippen molar-refractivity contribution in [3.63, 3.8) is 0 Å². The van der Waals surface area contributed by atoms with E-state index < -0.39 is 0 Å². The number of pyridine rings is 1. The first-order chi connectivity index (χ1) is 7.83. The van der Waals surface area contributed by atoms with Gasteiger partial charge in [0.15, 0.2) is 0 Å². The van der Waals surface area contributed by atoms with Gasteiger partial charge < -0.3 is 4.40 Å². The van der Waals surface area contributed by atoms with Crippen LogP contribution in [0.4, 0.5) is 0 Å². The van der Waals surface area contributed by atoms with Crippen LogP contribution >= 0.6 is 11.8 Å². The molecule has 3 rings (SSSR count). The molecule has 16 heavy (non-hydrogen) atoms. The number of nitrogens with zero attached hydrogens (tertiary/aromatic N) is 3. The molecule has 0 amide bonds. The average molecular weight is 236 g/mol. The number of imidazole rings is 1. The molecule has 2 aromatic heterocycles. The molecule has 1 saturated heterocycles. The fourth-order valence-electron chi connectivity index (χ4n) is 2.36. The average Bonchev–Trinajstić information content (AvgIpc) is 2.77. The molecule has 1 aliphatic rings. The lowest BCUT2D eigenvalue weighted by Crippen LogP contribution is -2.25. The highest BCUT2D eigenvalue weighted by Crippen LogP contribution is 2.28. The molecule has 0 saturated carbocycles. The van der Waals surface area contributed by atoms with E-state index in [4.69, 9.17) is 11.8 Å². The Morgan fingerprint density at radius 2 is 2.06 bits per heavy atom. The van der Waals surface area contributed by atoms with Crippen LogP contribution < -0.4 is 0 Å². The van der Waals surface area contributed by atoms with Gasteiger partial charge in [0.1, 0.15) is 5.65 Å². The maximum atomic E-state index is 5.97. The van der Waals surface area contributed by atoms with E-state index in [2.05, 4.69) is 27.7 Å². The van der Waals surface area contributed by atoms with E-state index in [0.717, 1.165) is 31.6 Å². The second kappa shape index (κ2) is 4.07. The number of rotatable bonds is 1. The zero-order valence-electron chi connectivity index (χ0n) is 9.01. The summed E-state index contributed by atoms with van der Waals surface area (Å²) in [6, 6.07) is 4.28. The molecule has 0 atom stereocenters. The predicted octanol–water partition coefficient (Wildman–Crippen LogP) is 2.67. The Labute approximate surface area is 99.8 Å². The topological polar surface area (TPSA) is 20.5 Å². The van der Waals surface area contributed by atoms with Gasteiger partial charge in [-0.15, -0.1) is 0 Å². The van der Waals surface area contributed by atoms with E-state index in [9.17, 15) is 0 Å². The van der Waals surface area contributed by atoms with E-state index in [-0.39, 0.29) is 0 Å².